The average molecular weight is 241 g/mol. The monoisotopic (exact) mass is 241 g/mol. The van der Waals surface area contributed by atoms with E-state index in [1.807, 2.05) is 31.4 Å². The first-order chi connectivity index (χ1) is 8.86. The lowest BCUT2D eigenvalue weighted by Gasteiger charge is -2.00. The Balaban J connectivity index is 2.44. The lowest BCUT2D eigenvalue weighted by atomic mass is 10.1. The predicted molar refractivity (Wildman–Crippen MR) is 82.0 cm³/mol. The van der Waals surface area contributed by atoms with Crippen molar-refractivity contribution in [2.45, 2.75) is 39.5 Å². The van der Waals surface area contributed by atoms with E-state index in [1.54, 1.807) is 6.21 Å². The second-order valence-electron chi connectivity index (χ2n) is 4.34. The van der Waals surface area contributed by atoms with Gasteiger partial charge in [0.15, 0.2) is 0 Å². The zero-order chi connectivity index (χ0) is 13.1. The minimum Gasteiger partial charge on any atom is -0.265 e. The SMILES string of the molecule is C\C=C/C=N\C=C\c1ccc(CCCCC)cc1. The second-order valence-corrected chi connectivity index (χ2v) is 4.34. The Kier molecular flexibility index (Phi) is 7.54. The molecule has 0 saturated carbocycles. The van der Waals surface area contributed by atoms with E-state index in [9.17, 15) is 0 Å². The van der Waals surface area contributed by atoms with E-state index in [0.717, 1.165) is 0 Å². The molecule has 0 N–H and O–H groups in total. The highest BCUT2D eigenvalue weighted by Crippen LogP contribution is 2.10. The van der Waals surface area contributed by atoms with E-state index >= 15 is 0 Å². The van der Waals surface area contributed by atoms with Gasteiger partial charge in [-0.05, 0) is 43.0 Å². The van der Waals surface area contributed by atoms with Crippen LogP contribution in [0.3, 0.4) is 0 Å². The molecule has 96 valence electrons. The Bertz CT molecular complexity index is 396. The molecule has 0 heterocycles. The number of nitrogens with zero attached hydrogens (tertiary/aromatic N) is 1. The molecule has 0 bridgehead atoms. The van der Waals surface area contributed by atoms with Crippen LogP contribution >= 0.6 is 0 Å². The molecular weight excluding hydrogens is 218 g/mol. The Morgan fingerprint density at radius 2 is 1.89 bits per heavy atom. The summed E-state index contributed by atoms with van der Waals surface area (Å²) in [5, 5.41) is 0. The van der Waals surface area contributed by atoms with Crippen LogP contribution in [-0.4, -0.2) is 6.21 Å². The summed E-state index contributed by atoms with van der Waals surface area (Å²) in [6.45, 7) is 4.22. The lowest BCUT2D eigenvalue weighted by Crippen LogP contribution is -1.85. The van der Waals surface area contributed by atoms with Crippen LogP contribution in [0, 0.1) is 0 Å². The minimum atomic E-state index is 1.19. The van der Waals surface area contributed by atoms with Gasteiger partial charge in [0.1, 0.15) is 0 Å². The van der Waals surface area contributed by atoms with E-state index in [4.69, 9.17) is 0 Å². The van der Waals surface area contributed by atoms with Crippen LogP contribution in [0.5, 0.6) is 0 Å². The zero-order valence-electron chi connectivity index (χ0n) is 11.5. The number of aryl methyl sites for hydroxylation is 1. The molecule has 0 aromatic heterocycles. The van der Waals surface area contributed by atoms with Gasteiger partial charge in [-0.1, -0.05) is 50.1 Å². The molecule has 1 aromatic carbocycles. The van der Waals surface area contributed by atoms with Gasteiger partial charge < -0.3 is 0 Å². The maximum atomic E-state index is 4.15. The van der Waals surface area contributed by atoms with Crippen LogP contribution in [-0.2, 0) is 6.42 Å². The molecule has 1 rings (SSSR count). The lowest BCUT2D eigenvalue weighted by molar-refractivity contribution is 0.717. The first-order valence-corrected chi connectivity index (χ1v) is 6.76. The average Bonchev–Trinajstić information content (AvgIpc) is 2.40. The molecule has 0 radical (unpaired) electrons. The van der Waals surface area contributed by atoms with Crippen molar-refractivity contribution in [1.29, 1.82) is 0 Å². The van der Waals surface area contributed by atoms with Crippen LogP contribution in [0.4, 0.5) is 0 Å². The third-order valence-corrected chi connectivity index (χ3v) is 2.77. The number of rotatable bonds is 7. The van der Waals surface area contributed by atoms with Crippen molar-refractivity contribution in [1.82, 2.24) is 0 Å². The Morgan fingerprint density at radius 1 is 1.11 bits per heavy atom. The summed E-state index contributed by atoms with van der Waals surface area (Å²) in [5.41, 5.74) is 2.63. The van der Waals surface area contributed by atoms with Gasteiger partial charge >= 0.3 is 0 Å². The van der Waals surface area contributed by atoms with Crippen LogP contribution < -0.4 is 0 Å². The van der Waals surface area contributed by atoms with E-state index in [0.29, 0.717) is 0 Å². The molecule has 1 heteroatoms. The third kappa shape index (κ3) is 6.19. The molecule has 0 spiro atoms. The minimum absolute atomic E-state index is 1.19. The van der Waals surface area contributed by atoms with Crippen molar-refractivity contribution in [3.8, 4) is 0 Å². The smallest absolute Gasteiger partial charge is 0.0273 e. The van der Waals surface area contributed by atoms with Crippen LogP contribution in [0.25, 0.3) is 6.08 Å². The van der Waals surface area contributed by atoms with Gasteiger partial charge in [-0.25, -0.2) is 0 Å². The second kappa shape index (κ2) is 9.41. The van der Waals surface area contributed by atoms with Crippen LogP contribution in [0.1, 0.15) is 44.2 Å². The van der Waals surface area contributed by atoms with Crippen molar-refractivity contribution >= 4 is 12.3 Å². The summed E-state index contributed by atoms with van der Waals surface area (Å²) in [6, 6.07) is 8.74. The number of unbranched alkanes of at least 4 members (excludes halogenated alkanes) is 2. The van der Waals surface area contributed by atoms with E-state index in [2.05, 4.69) is 36.2 Å². The van der Waals surface area contributed by atoms with Gasteiger partial charge in [0, 0.05) is 12.4 Å². The summed E-state index contributed by atoms with van der Waals surface area (Å²) < 4.78 is 0. The molecular formula is C17H23N. The van der Waals surface area contributed by atoms with Crippen molar-refractivity contribution in [2.24, 2.45) is 4.99 Å². The van der Waals surface area contributed by atoms with Gasteiger partial charge in [0.05, 0.1) is 0 Å². The normalized spacial score (nSPS) is 12.1. The predicted octanol–water partition coefficient (Wildman–Crippen LogP) is 5.04. The van der Waals surface area contributed by atoms with Gasteiger partial charge in [-0.15, -0.1) is 0 Å². The summed E-state index contributed by atoms with van der Waals surface area (Å²) >= 11 is 0. The maximum Gasteiger partial charge on any atom is 0.0273 e. The fourth-order valence-electron chi connectivity index (χ4n) is 1.69. The standard InChI is InChI=1S/C17H23N/c1-3-5-7-8-16-9-11-17(12-10-16)13-15-18-14-6-4-2/h4,6,9-15H,3,5,7-8H2,1-2H3/b6-4-,15-13+,18-14-. The van der Waals surface area contributed by atoms with Crippen molar-refractivity contribution < 1.29 is 0 Å². The van der Waals surface area contributed by atoms with Crippen molar-refractivity contribution in [2.75, 3.05) is 0 Å². The molecule has 1 nitrogen and oxygen atoms in total. The fraction of sp³-hybridized carbons (Fsp3) is 0.353. The number of hydrogen-bond acceptors (Lipinski definition) is 1. The molecule has 0 aliphatic heterocycles. The highest BCUT2D eigenvalue weighted by Gasteiger charge is 1.92. The summed E-state index contributed by atoms with van der Waals surface area (Å²) in [5.74, 6) is 0. The molecule has 0 aliphatic carbocycles. The summed E-state index contributed by atoms with van der Waals surface area (Å²) in [7, 11) is 0. The Hall–Kier alpha value is -1.63. The molecule has 0 aliphatic rings. The summed E-state index contributed by atoms with van der Waals surface area (Å²) in [6.07, 6.45) is 14.6. The number of allylic oxidation sites excluding steroid dienone is 2. The first kappa shape index (κ1) is 14.4. The van der Waals surface area contributed by atoms with E-state index in [-0.39, 0.29) is 0 Å². The number of hydrogen-bond donors (Lipinski definition) is 0. The summed E-state index contributed by atoms with van der Waals surface area (Å²) in [4.78, 5) is 4.15. The molecule has 18 heavy (non-hydrogen) atoms. The molecule has 0 amide bonds. The molecule has 0 atom stereocenters. The van der Waals surface area contributed by atoms with E-state index in [1.165, 1.54) is 36.8 Å². The number of benzene rings is 1. The quantitative estimate of drug-likeness (QED) is 0.468. The molecule has 0 fully saturated rings. The van der Waals surface area contributed by atoms with Crippen molar-refractivity contribution in [3.63, 3.8) is 0 Å². The number of aliphatic imine (C=N–C) groups is 1. The highest BCUT2D eigenvalue weighted by atomic mass is 14.6. The van der Waals surface area contributed by atoms with Gasteiger partial charge in [0.25, 0.3) is 0 Å². The highest BCUT2D eigenvalue weighted by molar-refractivity contribution is 5.72. The van der Waals surface area contributed by atoms with Gasteiger partial charge in [-0.3, -0.25) is 4.99 Å². The maximum absolute atomic E-state index is 4.15. The topological polar surface area (TPSA) is 12.4 Å². The van der Waals surface area contributed by atoms with Crippen LogP contribution in [0.15, 0.2) is 47.6 Å². The van der Waals surface area contributed by atoms with Gasteiger partial charge in [0.2, 0.25) is 0 Å². The fourth-order valence-corrected chi connectivity index (χ4v) is 1.69. The van der Waals surface area contributed by atoms with Crippen molar-refractivity contribution in [3.05, 3.63) is 53.7 Å². The Labute approximate surface area is 111 Å². The molecule has 1 aromatic rings. The zero-order valence-corrected chi connectivity index (χ0v) is 11.5. The largest absolute Gasteiger partial charge is 0.265 e. The third-order valence-electron chi connectivity index (χ3n) is 2.77. The molecule has 0 saturated heterocycles. The first-order valence-electron chi connectivity index (χ1n) is 6.76. The molecule has 0 unspecified atom stereocenters. The Morgan fingerprint density at radius 3 is 2.56 bits per heavy atom. The van der Waals surface area contributed by atoms with Gasteiger partial charge in [-0.2, -0.15) is 0 Å². The van der Waals surface area contributed by atoms with Crippen LogP contribution in [0.2, 0.25) is 0 Å². The van der Waals surface area contributed by atoms with E-state index < -0.39 is 0 Å².